The fraction of sp³-hybridized carbons (Fsp3) is 0.810. The van der Waals surface area contributed by atoms with Gasteiger partial charge in [0.05, 0.1) is 0 Å². The second kappa shape index (κ2) is 15.5. The topological polar surface area (TPSA) is 52.6 Å². The van der Waals surface area contributed by atoms with E-state index in [9.17, 15) is 9.59 Å². The summed E-state index contributed by atoms with van der Waals surface area (Å²) in [5.74, 6) is -0.715. The van der Waals surface area contributed by atoms with Crippen LogP contribution in [0.15, 0.2) is 9.67 Å². The van der Waals surface area contributed by atoms with Crippen LogP contribution in [0.1, 0.15) is 92.4 Å². The number of unbranched alkanes of at least 4 members (excludes halogenated alkanes) is 3. The summed E-state index contributed by atoms with van der Waals surface area (Å²) >= 11 is -1.32. The molecule has 5 heteroatoms. The average molecular weight is 473 g/mol. The van der Waals surface area contributed by atoms with Gasteiger partial charge in [0.2, 0.25) is 0 Å². The Bertz CT molecular complexity index is 410. The van der Waals surface area contributed by atoms with Crippen LogP contribution >= 0.6 is 0 Å². The van der Waals surface area contributed by atoms with E-state index in [-0.39, 0.29) is 9.40 Å². The van der Waals surface area contributed by atoms with Crippen LogP contribution in [0.25, 0.3) is 0 Å². The van der Waals surface area contributed by atoms with Gasteiger partial charge in [-0.3, -0.25) is 0 Å². The summed E-state index contributed by atoms with van der Waals surface area (Å²) in [5.41, 5.74) is 0. The fourth-order valence-electron chi connectivity index (χ4n) is 3.05. The van der Waals surface area contributed by atoms with Gasteiger partial charge in [-0.25, -0.2) is 0 Å². The summed E-state index contributed by atoms with van der Waals surface area (Å²) in [5, 5.41) is 0. The Balaban J connectivity index is 5.64. The monoisotopic (exact) mass is 474 g/mol. The van der Waals surface area contributed by atoms with Crippen LogP contribution in [0.2, 0.25) is 3.43 Å². The van der Waals surface area contributed by atoms with Crippen molar-refractivity contribution in [3.8, 4) is 0 Å². The van der Waals surface area contributed by atoms with Crippen molar-refractivity contribution < 1.29 is 19.1 Å². The van der Waals surface area contributed by atoms with E-state index in [1.807, 2.05) is 6.92 Å². The van der Waals surface area contributed by atoms with E-state index in [1.54, 1.807) is 6.92 Å². The molecule has 0 saturated carbocycles. The normalized spacial score (nSPS) is 12.1. The summed E-state index contributed by atoms with van der Waals surface area (Å²) in [6.07, 6.45) is 12.0. The molecule has 0 atom stereocenters. The first-order valence-corrected chi connectivity index (χ1v) is 13.2. The summed E-state index contributed by atoms with van der Waals surface area (Å²) in [4.78, 5) is 24.5. The summed E-state index contributed by atoms with van der Waals surface area (Å²) in [6, 6.07) is 0. The first-order chi connectivity index (χ1) is 12.5. The zero-order chi connectivity index (χ0) is 19.8. The molecule has 0 saturated heterocycles. The quantitative estimate of drug-likeness (QED) is 0.181. The molecule has 4 nitrogen and oxygen atoms in total. The molecule has 0 aromatic rings. The fourth-order valence-corrected chi connectivity index (χ4v) is 8.30. The number of hydrogen-bond acceptors (Lipinski definition) is 4. The summed E-state index contributed by atoms with van der Waals surface area (Å²) in [7, 11) is 0. The minimum atomic E-state index is -1.32. The van der Waals surface area contributed by atoms with Crippen molar-refractivity contribution in [2.75, 3.05) is 13.2 Å². The molecule has 26 heavy (non-hydrogen) atoms. The maximum absolute atomic E-state index is 12.5. The Morgan fingerprint density at radius 2 is 1.27 bits per heavy atom. The van der Waals surface area contributed by atoms with Crippen molar-refractivity contribution in [3.63, 3.8) is 0 Å². The van der Waals surface area contributed by atoms with Crippen LogP contribution in [-0.2, 0) is 19.1 Å². The van der Waals surface area contributed by atoms with E-state index in [0.29, 0.717) is 16.8 Å². The standard InChI is InChI=1S/C13H27.C8H11O4.Sn/c1-4-7-10-13(11-8-5-2)12-9-6-3;1-3-11-7(9)5-6-8(10)12-4-2;/h4-12H2,1-3H3;5H,3-4H2,1-2H3;. The van der Waals surface area contributed by atoms with Crippen LogP contribution in [-0.4, -0.2) is 46.3 Å². The molecule has 0 aromatic heterocycles. The molecule has 0 amide bonds. The molecule has 2 radical (unpaired) electrons. The van der Waals surface area contributed by atoms with Crippen LogP contribution in [0.3, 0.4) is 0 Å². The third-order valence-electron chi connectivity index (χ3n) is 4.47. The Labute approximate surface area is 170 Å². The molecule has 0 spiro atoms. The Kier molecular flexibility index (Phi) is 15.2. The zero-order valence-corrected chi connectivity index (χ0v) is 20.3. The molecule has 150 valence electrons. The first-order valence-electron chi connectivity index (χ1n) is 10.3. The number of esters is 2. The summed E-state index contributed by atoms with van der Waals surface area (Å²) in [6.45, 7) is 10.9. The van der Waals surface area contributed by atoms with E-state index in [0.717, 1.165) is 38.5 Å². The molecule has 0 fully saturated rings. The molecule has 0 heterocycles. The van der Waals surface area contributed by atoms with Crippen molar-refractivity contribution in [2.24, 2.45) is 0 Å². The van der Waals surface area contributed by atoms with Gasteiger partial charge >= 0.3 is 171 Å². The third-order valence-corrected chi connectivity index (χ3v) is 9.89. The van der Waals surface area contributed by atoms with E-state index in [1.165, 1.54) is 25.3 Å². The zero-order valence-electron chi connectivity index (χ0n) is 17.5. The molecular formula is C21H38O4Sn. The number of ether oxygens (including phenoxy) is 2. The van der Waals surface area contributed by atoms with Gasteiger partial charge in [-0.1, -0.05) is 0 Å². The van der Waals surface area contributed by atoms with Crippen molar-refractivity contribution >= 4 is 33.1 Å². The van der Waals surface area contributed by atoms with Crippen LogP contribution in [0.5, 0.6) is 0 Å². The van der Waals surface area contributed by atoms with Gasteiger partial charge in [0.15, 0.2) is 0 Å². The number of rotatable bonds is 15. The van der Waals surface area contributed by atoms with Gasteiger partial charge in [0.25, 0.3) is 0 Å². The van der Waals surface area contributed by atoms with Gasteiger partial charge in [-0.05, 0) is 0 Å². The molecule has 0 N–H and O–H groups in total. The Morgan fingerprint density at radius 3 is 1.65 bits per heavy atom. The van der Waals surface area contributed by atoms with Crippen molar-refractivity contribution in [3.05, 3.63) is 9.67 Å². The van der Waals surface area contributed by atoms with Crippen molar-refractivity contribution in [1.29, 1.82) is 0 Å². The maximum atomic E-state index is 12.5. The molecule has 0 aliphatic carbocycles. The second-order valence-electron chi connectivity index (χ2n) is 6.75. The van der Waals surface area contributed by atoms with Crippen LogP contribution < -0.4 is 0 Å². The second-order valence-corrected chi connectivity index (χ2v) is 12.0. The Hall–Kier alpha value is -0.521. The predicted molar refractivity (Wildman–Crippen MR) is 108 cm³/mol. The minimum absolute atomic E-state index is 0.233. The molecular weight excluding hydrogens is 435 g/mol. The Morgan fingerprint density at radius 1 is 0.808 bits per heavy atom. The van der Waals surface area contributed by atoms with E-state index < -0.39 is 27.1 Å². The molecule has 0 aromatic carbocycles. The van der Waals surface area contributed by atoms with Crippen LogP contribution in [0, 0.1) is 0 Å². The molecule has 0 bridgehead atoms. The van der Waals surface area contributed by atoms with Crippen molar-refractivity contribution in [2.45, 2.75) is 95.8 Å². The van der Waals surface area contributed by atoms with E-state index in [2.05, 4.69) is 20.8 Å². The molecule has 0 unspecified atom stereocenters. The molecule has 0 rings (SSSR count). The predicted octanol–water partition coefficient (Wildman–Crippen LogP) is 5.43. The molecule has 0 aliphatic rings. The van der Waals surface area contributed by atoms with E-state index >= 15 is 0 Å². The number of hydrogen-bond donors (Lipinski definition) is 0. The number of carbonyl (C=O) groups excluding carboxylic acids is 2. The van der Waals surface area contributed by atoms with Gasteiger partial charge < -0.3 is 0 Å². The van der Waals surface area contributed by atoms with Gasteiger partial charge in [-0.2, -0.15) is 0 Å². The SMILES string of the molecule is CCCC[C](CCCC)(CCCC)[Sn]/[C](=C/C(=O)OCC)C(=O)OCC. The first kappa shape index (κ1) is 25.5. The summed E-state index contributed by atoms with van der Waals surface area (Å²) < 4.78 is 11.2. The average Bonchev–Trinajstić information content (AvgIpc) is 2.62. The van der Waals surface area contributed by atoms with Gasteiger partial charge in [0, 0.05) is 0 Å². The van der Waals surface area contributed by atoms with Gasteiger partial charge in [0.1, 0.15) is 0 Å². The third kappa shape index (κ3) is 10.6. The van der Waals surface area contributed by atoms with Crippen LogP contribution in [0.4, 0.5) is 0 Å². The number of carbonyl (C=O) groups is 2. The van der Waals surface area contributed by atoms with E-state index in [4.69, 9.17) is 9.47 Å². The van der Waals surface area contributed by atoms with Crippen molar-refractivity contribution in [1.82, 2.24) is 0 Å². The molecule has 0 aliphatic heterocycles. The van der Waals surface area contributed by atoms with Gasteiger partial charge in [-0.15, -0.1) is 0 Å².